The van der Waals surface area contributed by atoms with E-state index in [4.69, 9.17) is 0 Å². The summed E-state index contributed by atoms with van der Waals surface area (Å²) in [5.74, 6) is 0.672. The molecule has 2 heteroatoms. The first kappa shape index (κ1) is 15.1. The number of nitrogens with zero attached hydrogens (tertiary/aromatic N) is 1. The zero-order valence-corrected chi connectivity index (χ0v) is 13.1. The Balaban J connectivity index is 2.15. The van der Waals surface area contributed by atoms with E-state index < -0.39 is 0 Å². The van der Waals surface area contributed by atoms with Crippen molar-refractivity contribution in [1.29, 1.82) is 0 Å². The summed E-state index contributed by atoms with van der Waals surface area (Å²) in [6.07, 6.45) is 5.78. The van der Waals surface area contributed by atoms with Crippen LogP contribution in [0.25, 0.3) is 0 Å². The van der Waals surface area contributed by atoms with E-state index in [1.807, 2.05) is 0 Å². The Kier molecular flexibility index (Phi) is 4.85. The minimum atomic E-state index is -0.140. The van der Waals surface area contributed by atoms with Crippen LogP contribution in [0.15, 0.2) is 24.3 Å². The number of benzene rings is 1. The normalized spacial score (nSPS) is 26.2. The molecule has 0 aliphatic heterocycles. The Labute approximate surface area is 123 Å². The summed E-state index contributed by atoms with van der Waals surface area (Å²) in [6, 6.07) is 8.64. The van der Waals surface area contributed by atoms with Gasteiger partial charge in [0.2, 0.25) is 0 Å². The third-order valence-electron chi connectivity index (χ3n) is 4.66. The van der Waals surface area contributed by atoms with E-state index in [2.05, 4.69) is 49.9 Å². The second kappa shape index (κ2) is 6.43. The van der Waals surface area contributed by atoms with E-state index in [9.17, 15) is 4.79 Å². The van der Waals surface area contributed by atoms with E-state index >= 15 is 0 Å². The van der Waals surface area contributed by atoms with Crippen LogP contribution in [-0.4, -0.2) is 19.4 Å². The second-order valence-corrected chi connectivity index (χ2v) is 6.53. The molecule has 20 heavy (non-hydrogen) atoms. The first-order valence-electron chi connectivity index (χ1n) is 7.86. The highest BCUT2D eigenvalue weighted by Crippen LogP contribution is 2.39. The molecule has 2 unspecified atom stereocenters. The maximum atomic E-state index is 11.7. The number of aldehydes is 1. The number of anilines is 1. The van der Waals surface area contributed by atoms with Gasteiger partial charge in [-0.2, -0.15) is 0 Å². The van der Waals surface area contributed by atoms with Crippen molar-refractivity contribution in [3.05, 3.63) is 29.8 Å². The van der Waals surface area contributed by atoms with Crippen LogP contribution in [0.4, 0.5) is 5.69 Å². The Morgan fingerprint density at radius 2 is 2.05 bits per heavy atom. The van der Waals surface area contributed by atoms with E-state index in [0.29, 0.717) is 5.92 Å². The molecule has 0 saturated heterocycles. The molecule has 0 heterocycles. The molecular formula is C18H27NO. The van der Waals surface area contributed by atoms with Gasteiger partial charge in [0.15, 0.2) is 0 Å². The standard InChI is InChI=1S/C18H27NO/c1-4-19(17-9-7-15(2)8-10-17)13-18(14-20)11-5-6-16(3)12-18/h7-10,14,16H,4-6,11-13H2,1-3H3. The number of carbonyl (C=O) groups is 1. The minimum absolute atomic E-state index is 0.140. The molecular weight excluding hydrogens is 246 g/mol. The monoisotopic (exact) mass is 273 g/mol. The van der Waals surface area contributed by atoms with E-state index in [0.717, 1.165) is 25.9 Å². The first-order valence-corrected chi connectivity index (χ1v) is 7.86. The Bertz CT molecular complexity index is 439. The van der Waals surface area contributed by atoms with Crippen LogP contribution in [0, 0.1) is 18.3 Å². The predicted molar refractivity (Wildman–Crippen MR) is 85.2 cm³/mol. The largest absolute Gasteiger partial charge is 0.371 e. The number of rotatable bonds is 5. The van der Waals surface area contributed by atoms with Crippen molar-refractivity contribution < 1.29 is 4.79 Å². The fourth-order valence-corrected chi connectivity index (χ4v) is 3.51. The minimum Gasteiger partial charge on any atom is -0.371 e. The molecule has 110 valence electrons. The molecule has 1 aliphatic carbocycles. The van der Waals surface area contributed by atoms with Crippen LogP contribution in [0.2, 0.25) is 0 Å². The Morgan fingerprint density at radius 1 is 1.35 bits per heavy atom. The zero-order valence-electron chi connectivity index (χ0n) is 13.1. The van der Waals surface area contributed by atoms with Gasteiger partial charge in [-0.05, 0) is 44.7 Å². The molecule has 2 nitrogen and oxygen atoms in total. The molecule has 1 aromatic carbocycles. The van der Waals surface area contributed by atoms with Gasteiger partial charge in [0, 0.05) is 24.2 Å². The molecule has 1 saturated carbocycles. The third-order valence-corrected chi connectivity index (χ3v) is 4.66. The molecule has 2 rings (SSSR count). The van der Waals surface area contributed by atoms with Gasteiger partial charge in [-0.25, -0.2) is 0 Å². The third kappa shape index (κ3) is 3.41. The summed E-state index contributed by atoms with van der Waals surface area (Å²) < 4.78 is 0. The maximum absolute atomic E-state index is 11.7. The van der Waals surface area contributed by atoms with Gasteiger partial charge in [0.05, 0.1) is 0 Å². The van der Waals surface area contributed by atoms with Crippen LogP contribution in [0.5, 0.6) is 0 Å². The van der Waals surface area contributed by atoms with Crippen molar-refractivity contribution >= 4 is 12.0 Å². The van der Waals surface area contributed by atoms with E-state index in [-0.39, 0.29) is 5.41 Å². The average molecular weight is 273 g/mol. The molecule has 2 atom stereocenters. The zero-order chi connectivity index (χ0) is 14.6. The summed E-state index contributed by atoms with van der Waals surface area (Å²) >= 11 is 0. The number of aryl methyl sites for hydroxylation is 1. The summed E-state index contributed by atoms with van der Waals surface area (Å²) in [7, 11) is 0. The lowest BCUT2D eigenvalue weighted by Gasteiger charge is -2.40. The predicted octanol–water partition coefficient (Wildman–Crippen LogP) is 4.22. The molecule has 1 aliphatic rings. The van der Waals surface area contributed by atoms with Gasteiger partial charge in [-0.15, -0.1) is 0 Å². The lowest BCUT2D eigenvalue weighted by atomic mass is 9.70. The van der Waals surface area contributed by atoms with Gasteiger partial charge >= 0.3 is 0 Å². The van der Waals surface area contributed by atoms with Crippen molar-refractivity contribution in [1.82, 2.24) is 0 Å². The highest BCUT2D eigenvalue weighted by atomic mass is 16.1. The van der Waals surface area contributed by atoms with Crippen LogP contribution >= 0.6 is 0 Å². The maximum Gasteiger partial charge on any atom is 0.127 e. The van der Waals surface area contributed by atoms with Gasteiger partial charge in [0.1, 0.15) is 6.29 Å². The summed E-state index contributed by atoms with van der Waals surface area (Å²) in [4.78, 5) is 14.1. The summed E-state index contributed by atoms with van der Waals surface area (Å²) in [5.41, 5.74) is 2.37. The molecule has 1 aromatic rings. The smallest absolute Gasteiger partial charge is 0.127 e. The molecule has 0 bridgehead atoms. The number of carbonyl (C=O) groups excluding carboxylic acids is 1. The van der Waals surface area contributed by atoms with Crippen LogP contribution in [-0.2, 0) is 4.79 Å². The summed E-state index contributed by atoms with van der Waals surface area (Å²) in [6.45, 7) is 8.37. The van der Waals surface area contributed by atoms with Crippen LogP contribution < -0.4 is 4.90 Å². The topological polar surface area (TPSA) is 20.3 Å². The van der Waals surface area contributed by atoms with E-state index in [1.54, 1.807) is 0 Å². The van der Waals surface area contributed by atoms with E-state index in [1.165, 1.54) is 30.4 Å². The fourth-order valence-electron chi connectivity index (χ4n) is 3.51. The van der Waals surface area contributed by atoms with Gasteiger partial charge in [-0.1, -0.05) is 37.5 Å². The molecule has 0 radical (unpaired) electrons. The van der Waals surface area contributed by atoms with Gasteiger partial charge in [0.25, 0.3) is 0 Å². The van der Waals surface area contributed by atoms with Crippen molar-refractivity contribution in [2.75, 3.05) is 18.0 Å². The lowest BCUT2D eigenvalue weighted by Crippen LogP contribution is -2.42. The summed E-state index contributed by atoms with van der Waals surface area (Å²) in [5, 5.41) is 0. The lowest BCUT2D eigenvalue weighted by molar-refractivity contribution is -0.118. The quantitative estimate of drug-likeness (QED) is 0.749. The Hall–Kier alpha value is -1.31. The number of hydrogen-bond donors (Lipinski definition) is 0. The van der Waals surface area contributed by atoms with Crippen LogP contribution in [0.3, 0.4) is 0 Å². The van der Waals surface area contributed by atoms with Crippen molar-refractivity contribution in [3.8, 4) is 0 Å². The molecule has 0 amide bonds. The molecule has 0 aromatic heterocycles. The first-order chi connectivity index (χ1) is 9.58. The highest BCUT2D eigenvalue weighted by molar-refractivity contribution is 5.62. The fraction of sp³-hybridized carbons (Fsp3) is 0.611. The van der Waals surface area contributed by atoms with Crippen molar-refractivity contribution in [3.63, 3.8) is 0 Å². The van der Waals surface area contributed by atoms with Gasteiger partial charge < -0.3 is 9.69 Å². The molecule has 0 spiro atoms. The second-order valence-electron chi connectivity index (χ2n) is 6.53. The van der Waals surface area contributed by atoms with Crippen molar-refractivity contribution in [2.45, 2.75) is 46.5 Å². The molecule has 0 N–H and O–H groups in total. The number of hydrogen-bond acceptors (Lipinski definition) is 2. The van der Waals surface area contributed by atoms with Crippen LogP contribution in [0.1, 0.15) is 45.1 Å². The SMILES string of the molecule is CCN(CC1(C=O)CCCC(C)C1)c1ccc(C)cc1. The highest BCUT2D eigenvalue weighted by Gasteiger charge is 2.36. The van der Waals surface area contributed by atoms with Gasteiger partial charge in [-0.3, -0.25) is 0 Å². The molecule has 1 fully saturated rings. The van der Waals surface area contributed by atoms with Crippen molar-refractivity contribution in [2.24, 2.45) is 11.3 Å². The Morgan fingerprint density at radius 3 is 2.60 bits per heavy atom. The average Bonchev–Trinajstić information content (AvgIpc) is 2.46.